The van der Waals surface area contributed by atoms with Crippen LogP contribution in [0.25, 0.3) is 10.9 Å². The minimum Gasteiger partial charge on any atom is -0.494 e. The van der Waals surface area contributed by atoms with Gasteiger partial charge in [0.25, 0.3) is 0 Å². The Morgan fingerprint density at radius 3 is 2.28 bits per heavy atom. The van der Waals surface area contributed by atoms with Gasteiger partial charge in [-0.15, -0.1) is 0 Å². The largest absolute Gasteiger partial charge is 0.494 e. The molecule has 188 valence electrons. The van der Waals surface area contributed by atoms with Crippen molar-refractivity contribution in [2.75, 3.05) is 19.8 Å². The lowest BCUT2D eigenvalue weighted by Crippen LogP contribution is -2.14. The summed E-state index contributed by atoms with van der Waals surface area (Å²) in [5.41, 5.74) is 5.00. The number of nitrogens with one attached hydrogen (secondary N) is 2. The van der Waals surface area contributed by atoms with Crippen LogP contribution < -0.4 is 14.8 Å². The Morgan fingerprint density at radius 1 is 0.917 bits per heavy atom. The molecule has 3 N–H and O–H groups in total. The minimum atomic E-state index is 0.0560. The van der Waals surface area contributed by atoms with Crippen molar-refractivity contribution in [1.82, 2.24) is 10.3 Å². The highest BCUT2D eigenvalue weighted by atomic mass is 16.5. The van der Waals surface area contributed by atoms with Crippen molar-refractivity contribution in [3.63, 3.8) is 0 Å². The minimum absolute atomic E-state index is 0.0560. The van der Waals surface area contributed by atoms with Gasteiger partial charge in [-0.2, -0.15) is 0 Å². The number of aliphatic imine (C=N–C) groups is 1. The first-order valence-electron chi connectivity index (χ1n) is 12.7. The molecule has 0 aliphatic heterocycles. The summed E-state index contributed by atoms with van der Waals surface area (Å²) in [6.45, 7) is 8.95. The Balaban J connectivity index is 1.78. The van der Waals surface area contributed by atoms with Crippen molar-refractivity contribution < 1.29 is 14.6 Å². The summed E-state index contributed by atoms with van der Waals surface area (Å²) in [7, 11) is 0. The van der Waals surface area contributed by atoms with Crippen LogP contribution in [0.2, 0.25) is 0 Å². The molecular formula is C30H35N3O3. The Kier molecular flexibility index (Phi) is 8.63. The third kappa shape index (κ3) is 5.89. The highest BCUT2D eigenvalue weighted by Gasteiger charge is 2.21. The SMILES string of the molecule is CCCCNCc1ccc(N=C(c2ccccc2)c2c(O)[nH]c3cc(OCC)c(OCC)cc23)cc1. The van der Waals surface area contributed by atoms with E-state index >= 15 is 0 Å². The van der Waals surface area contributed by atoms with Crippen LogP contribution in [0.5, 0.6) is 17.4 Å². The molecule has 0 fully saturated rings. The molecule has 0 bridgehead atoms. The van der Waals surface area contributed by atoms with Crippen LogP contribution in [-0.2, 0) is 6.54 Å². The van der Waals surface area contributed by atoms with Gasteiger partial charge in [-0.3, -0.25) is 0 Å². The molecule has 0 saturated carbocycles. The van der Waals surface area contributed by atoms with Crippen molar-refractivity contribution in [3.8, 4) is 17.4 Å². The summed E-state index contributed by atoms with van der Waals surface area (Å²) in [5, 5.41) is 15.3. The van der Waals surface area contributed by atoms with E-state index in [-0.39, 0.29) is 5.88 Å². The average Bonchev–Trinajstić information content (AvgIpc) is 3.21. The Hall–Kier alpha value is -3.77. The molecule has 0 atom stereocenters. The first-order chi connectivity index (χ1) is 17.6. The van der Waals surface area contributed by atoms with Crippen molar-refractivity contribution in [2.24, 2.45) is 4.99 Å². The quantitative estimate of drug-likeness (QED) is 0.154. The number of fused-ring (bicyclic) bond motifs is 1. The number of hydrogen-bond donors (Lipinski definition) is 3. The normalized spacial score (nSPS) is 11.7. The van der Waals surface area contributed by atoms with E-state index in [0.717, 1.165) is 35.2 Å². The van der Waals surface area contributed by atoms with Crippen LogP contribution in [0.15, 0.2) is 71.7 Å². The zero-order valence-electron chi connectivity index (χ0n) is 21.3. The van der Waals surface area contributed by atoms with Gasteiger partial charge in [-0.1, -0.05) is 55.8 Å². The maximum Gasteiger partial charge on any atom is 0.199 e. The summed E-state index contributed by atoms with van der Waals surface area (Å²) in [5.74, 6) is 1.33. The maximum atomic E-state index is 11.0. The lowest BCUT2D eigenvalue weighted by atomic mass is 10.0. The molecule has 6 nitrogen and oxygen atoms in total. The van der Waals surface area contributed by atoms with Crippen LogP contribution in [0.1, 0.15) is 50.3 Å². The van der Waals surface area contributed by atoms with Gasteiger partial charge in [0.15, 0.2) is 17.4 Å². The van der Waals surface area contributed by atoms with E-state index in [1.807, 2.05) is 68.4 Å². The van der Waals surface area contributed by atoms with Gasteiger partial charge in [0.05, 0.1) is 35.7 Å². The molecule has 6 heteroatoms. The van der Waals surface area contributed by atoms with Crippen LogP contribution in [0, 0.1) is 0 Å². The Morgan fingerprint density at radius 2 is 1.61 bits per heavy atom. The summed E-state index contributed by atoms with van der Waals surface area (Å²) >= 11 is 0. The van der Waals surface area contributed by atoms with Crippen LogP contribution >= 0.6 is 0 Å². The van der Waals surface area contributed by atoms with E-state index in [2.05, 4.69) is 29.4 Å². The smallest absolute Gasteiger partial charge is 0.199 e. The number of ether oxygens (including phenoxy) is 2. The molecule has 0 aliphatic carbocycles. The molecule has 1 aromatic heterocycles. The van der Waals surface area contributed by atoms with E-state index in [4.69, 9.17) is 14.5 Å². The third-order valence-corrected chi connectivity index (χ3v) is 5.94. The highest BCUT2D eigenvalue weighted by Crippen LogP contribution is 2.38. The van der Waals surface area contributed by atoms with Crippen molar-refractivity contribution in [2.45, 2.75) is 40.2 Å². The Labute approximate surface area is 213 Å². The van der Waals surface area contributed by atoms with Crippen LogP contribution in [0.4, 0.5) is 5.69 Å². The molecule has 0 saturated heterocycles. The number of aromatic amines is 1. The summed E-state index contributed by atoms with van der Waals surface area (Å²) in [6.07, 6.45) is 2.36. The number of unbranched alkanes of at least 4 members (excludes halogenated alkanes) is 1. The third-order valence-electron chi connectivity index (χ3n) is 5.94. The van der Waals surface area contributed by atoms with Gasteiger partial charge >= 0.3 is 0 Å². The zero-order chi connectivity index (χ0) is 25.3. The topological polar surface area (TPSA) is 78.9 Å². The lowest BCUT2D eigenvalue weighted by molar-refractivity contribution is 0.288. The van der Waals surface area contributed by atoms with Crippen molar-refractivity contribution >= 4 is 22.3 Å². The van der Waals surface area contributed by atoms with Gasteiger partial charge in [0.2, 0.25) is 0 Å². The summed E-state index contributed by atoms with van der Waals surface area (Å²) < 4.78 is 11.6. The molecule has 36 heavy (non-hydrogen) atoms. The van der Waals surface area contributed by atoms with Gasteiger partial charge in [-0.25, -0.2) is 4.99 Å². The fourth-order valence-electron chi connectivity index (χ4n) is 4.18. The van der Waals surface area contributed by atoms with E-state index in [9.17, 15) is 5.11 Å². The molecule has 0 aliphatic rings. The van der Waals surface area contributed by atoms with E-state index in [1.165, 1.54) is 18.4 Å². The fourth-order valence-corrected chi connectivity index (χ4v) is 4.18. The predicted molar refractivity (Wildman–Crippen MR) is 147 cm³/mol. The molecule has 0 spiro atoms. The molecule has 0 unspecified atom stereocenters. The molecule has 1 heterocycles. The molecule has 0 radical (unpaired) electrons. The highest BCUT2D eigenvalue weighted by molar-refractivity contribution is 6.22. The summed E-state index contributed by atoms with van der Waals surface area (Å²) in [6, 6.07) is 21.9. The number of aromatic nitrogens is 1. The number of aromatic hydroxyl groups is 1. The second kappa shape index (κ2) is 12.3. The lowest BCUT2D eigenvalue weighted by Gasteiger charge is -2.12. The van der Waals surface area contributed by atoms with Gasteiger partial charge in [0, 0.05) is 23.6 Å². The van der Waals surface area contributed by atoms with Crippen molar-refractivity contribution in [1.29, 1.82) is 0 Å². The second-order valence-corrected chi connectivity index (χ2v) is 8.58. The maximum absolute atomic E-state index is 11.0. The molecule has 3 aromatic carbocycles. The number of rotatable bonds is 12. The first-order valence-corrected chi connectivity index (χ1v) is 12.7. The molecule has 4 aromatic rings. The molecular weight excluding hydrogens is 450 g/mol. The summed E-state index contributed by atoms with van der Waals surface area (Å²) in [4.78, 5) is 8.12. The Bertz CT molecular complexity index is 1290. The number of benzene rings is 3. The van der Waals surface area contributed by atoms with E-state index in [1.54, 1.807) is 0 Å². The number of hydrogen-bond acceptors (Lipinski definition) is 5. The van der Waals surface area contributed by atoms with Gasteiger partial charge in [0.1, 0.15) is 0 Å². The number of H-pyrrole nitrogens is 1. The second-order valence-electron chi connectivity index (χ2n) is 8.58. The van der Waals surface area contributed by atoms with Crippen LogP contribution in [0.3, 0.4) is 0 Å². The van der Waals surface area contributed by atoms with Crippen molar-refractivity contribution in [3.05, 3.63) is 83.4 Å². The zero-order valence-corrected chi connectivity index (χ0v) is 21.3. The average molecular weight is 486 g/mol. The number of nitrogens with zero attached hydrogens (tertiary/aromatic N) is 1. The molecule has 0 amide bonds. The van der Waals surface area contributed by atoms with E-state index < -0.39 is 0 Å². The standard InChI is InChI=1S/C30H35N3O3/c1-4-7-17-31-20-21-13-15-23(16-14-21)32-29(22-11-9-8-10-12-22)28-24-18-26(35-5-2)27(36-6-3)19-25(24)33-30(28)34/h8-16,18-19,31,33-34H,4-7,17,20H2,1-3H3. The monoisotopic (exact) mass is 485 g/mol. The first kappa shape index (κ1) is 25.3. The van der Waals surface area contributed by atoms with Crippen LogP contribution in [-0.4, -0.2) is 35.6 Å². The van der Waals surface area contributed by atoms with Gasteiger partial charge < -0.3 is 24.9 Å². The fraction of sp³-hybridized carbons (Fsp3) is 0.300. The van der Waals surface area contributed by atoms with Gasteiger partial charge in [-0.05, 0) is 50.6 Å². The predicted octanol–water partition coefficient (Wildman–Crippen LogP) is 6.73. The molecule has 4 rings (SSSR count). The van der Waals surface area contributed by atoms with E-state index in [0.29, 0.717) is 36.0 Å².